The van der Waals surface area contributed by atoms with Crippen molar-refractivity contribution in [3.8, 4) is 0 Å². The fraction of sp³-hybridized carbons (Fsp3) is 0.297. The molecule has 0 heterocycles. The summed E-state index contributed by atoms with van der Waals surface area (Å²) >= 11 is 0. The molecule has 0 saturated heterocycles. The van der Waals surface area contributed by atoms with Crippen LogP contribution in [0.25, 0.3) is 0 Å². The lowest BCUT2D eigenvalue weighted by Gasteiger charge is -2.34. The van der Waals surface area contributed by atoms with Crippen molar-refractivity contribution >= 4 is 27.5 Å². The minimum Gasteiger partial charge on any atom is -0.352 e. The maximum absolute atomic E-state index is 14.5. The average Bonchev–Trinajstić information content (AvgIpc) is 3.06. The molecular weight excluding hydrogens is 582 g/mol. The Morgan fingerprint density at radius 2 is 1.33 bits per heavy atom. The summed E-state index contributed by atoms with van der Waals surface area (Å²) in [6.07, 6.45) is 1.80. The number of anilines is 1. The van der Waals surface area contributed by atoms with Crippen LogP contribution in [0, 0.1) is 6.92 Å². The zero-order chi connectivity index (χ0) is 32.4. The highest BCUT2D eigenvalue weighted by atomic mass is 32.2. The predicted molar refractivity (Wildman–Crippen MR) is 180 cm³/mol. The van der Waals surface area contributed by atoms with Gasteiger partial charge in [0.1, 0.15) is 12.6 Å². The Kier molecular flexibility index (Phi) is 11.5. The standard InChI is InChI=1S/C37H43N3O4S/c1-5-29(4)38-37(42)35(25-31-13-9-7-10-14-31)39(26-32-19-17-28(3)18-20-32)36(41)27-40(33-23-21-30(6-2)22-24-33)45(43,44)34-15-11-8-12-16-34/h7-24,29,35H,5-6,25-27H2,1-4H3,(H,38,42)/t29-,35+/m0/s1. The number of aryl methyl sites for hydroxylation is 2. The Labute approximate surface area is 268 Å². The molecule has 0 bridgehead atoms. The van der Waals surface area contributed by atoms with Gasteiger partial charge in [0.15, 0.2) is 0 Å². The maximum atomic E-state index is 14.5. The first-order valence-electron chi connectivity index (χ1n) is 15.5. The topological polar surface area (TPSA) is 86.8 Å². The molecule has 0 fully saturated rings. The molecule has 0 unspecified atom stereocenters. The van der Waals surface area contributed by atoms with Crippen LogP contribution in [-0.2, 0) is 39.0 Å². The second-order valence-electron chi connectivity index (χ2n) is 11.4. The molecule has 236 valence electrons. The van der Waals surface area contributed by atoms with Gasteiger partial charge in [0.05, 0.1) is 10.6 Å². The van der Waals surface area contributed by atoms with Crippen molar-refractivity contribution in [1.82, 2.24) is 10.2 Å². The van der Waals surface area contributed by atoms with Gasteiger partial charge in [-0.3, -0.25) is 13.9 Å². The van der Waals surface area contributed by atoms with Crippen molar-refractivity contribution < 1.29 is 18.0 Å². The minimum absolute atomic E-state index is 0.0813. The smallest absolute Gasteiger partial charge is 0.264 e. The summed E-state index contributed by atoms with van der Waals surface area (Å²) in [7, 11) is -4.12. The third-order valence-corrected chi connectivity index (χ3v) is 9.78. The highest BCUT2D eigenvalue weighted by Crippen LogP contribution is 2.26. The first-order chi connectivity index (χ1) is 21.6. The van der Waals surface area contributed by atoms with Crippen LogP contribution < -0.4 is 9.62 Å². The first-order valence-corrected chi connectivity index (χ1v) is 16.9. The number of rotatable bonds is 14. The van der Waals surface area contributed by atoms with Crippen LogP contribution in [-0.4, -0.2) is 43.8 Å². The number of sulfonamides is 1. The van der Waals surface area contributed by atoms with Gasteiger partial charge in [0, 0.05) is 19.0 Å². The zero-order valence-electron chi connectivity index (χ0n) is 26.5. The number of nitrogens with zero attached hydrogens (tertiary/aromatic N) is 2. The number of hydrogen-bond donors (Lipinski definition) is 1. The van der Waals surface area contributed by atoms with E-state index in [4.69, 9.17) is 0 Å². The van der Waals surface area contributed by atoms with Crippen molar-refractivity contribution in [2.75, 3.05) is 10.8 Å². The van der Waals surface area contributed by atoms with Crippen LogP contribution in [0.15, 0.2) is 114 Å². The second kappa shape index (κ2) is 15.5. The van der Waals surface area contributed by atoms with Crippen molar-refractivity contribution in [3.05, 3.63) is 131 Å². The van der Waals surface area contributed by atoms with E-state index in [1.807, 2.05) is 94.4 Å². The van der Waals surface area contributed by atoms with Gasteiger partial charge in [-0.15, -0.1) is 0 Å². The molecule has 4 rings (SSSR count). The molecule has 0 aliphatic carbocycles. The SMILES string of the molecule is CCc1ccc(N(CC(=O)N(Cc2ccc(C)cc2)[C@H](Cc2ccccc2)C(=O)N[C@@H](C)CC)S(=O)(=O)c2ccccc2)cc1. The van der Waals surface area contributed by atoms with Gasteiger partial charge in [-0.05, 0) is 67.6 Å². The lowest BCUT2D eigenvalue weighted by atomic mass is 10.0. The quantitative estimate of drug-likeness (QED) is 0.178. The van der Waals surface area contributed by atoms with Gasteiger partial charge in [0.2, 0.25) is 11.8 Å². The van der Waals surface area contributed by atoms with E-state index in [-0.39, 0.29) is 29.8 Å². The largest absolute Gasteiger partial charge is 0.352 e. The van der Waals surface area contributed by atoms with Crippen LogP contribution in [0.1, 0.15) is 49.4 Å². The summed E-state index contributed by atoms with van der Waals surface area (Å²) in [4.78, 5) is 30.1. The van der Waals surface area contributed by atoms with Crippen LogP contribution in [0.4, 0.5) is 5.69 Å². The number of hydrogen-bond acceptors (Lipinski definition) is 4. The molecule has 4 aromatic carbocycles. The van der Waals surface area contributed by atoms with Gasteiger partial charge in [0.25, 0.3) is 10.0 Å². The molecule has 1 N–H and O–H groups in total. The van der Waals surface area contributed by atoms with Crippen LogP contribution in [0.3, 0.4) is 0 Å². The van der Waals surface area contributed by atoms with Gasteiger partial charge in [-0.1, -0.05) is 104 Å². The molecule has 0 radical (unpaired) electrons. The Bertz CT molecular complexity index is 1640. The van der Waals surface area contributed by atoms with E-state index in [9.17, 15) is 18.0 Å². The van der Waals surface area contributed by atoms with Crippen LogP contribution >= 0.6 is 0 Å². The molecule has 0 aromatic heterocycles. The molecule has 0 aliphatic heterocycles. The summed E-state index contributed by atoms with van der Waals surface area (Å²) < 4.78 is 29.3. The second-order valence-corrected chi connectivity index (χ2v) is 13.2. The molecule has 0 aliphatic rings. The van der Waals surface area contributed by atoms with Gasteiger partial charge >= 0.3 is 0 Å². The zero-order valence-corrected chi connectivity index (χ0v) is 27.3. The van der Waals surface area contributed by atoms with E-state index in [0.29, 0.717) is 5.69 Å². The van der Waals surface area contributed by atoms with E-state index < -0.39 is 28.5 Å². The third-order valence-electron chi connectivity index (χ3n) is 7.99. The molecule has 8 heteroatoms. The van der Waals surface area contributed by atoms with Crippen molar-refractivity contribution in [2.45, 2.75) is 70.5 Å². The monoisotopic (exact) mass is 625 g/mol. The van der Waals surface area contributed by atoms with E-state index in [2.05, 4.69) is 5.32 Å². The molecule has 7 nitrogen and oxygen atoms in total. The number of nitrogens with one attached hydrogen (secondary N) is 1. The fourth-order valence-electron chi connectivity index (χ4n) is 5.03. The lowest BCUT2D eigenvalue weighted by molar-refractivity contribution is -0.140. The van der Waals surface area contributed by atoms with Crippen molar-refractivity contribution in [2.24, 2.45) is 0 Å². The summed E-state index contributed by atoms with van der Waals surface area (Å²) in [6.45, 7) is 7.59. The van der Waals surface area contributed by atoms with Crippen molar-refractivity contribution in [3.63, 3.8) is 0 Å². The lowest BCUT2D eigenvalue weighted by Crippen LogP contribution is -2.54. The van der Waals surface area contributed by atoms with Crippen LogP contribution in [0.2, 0.25) is 0 Å². The molecule has 2 atom stereocenters. The number of benzene rings is 4. The van der Waals surface area contributed by atoms with Crippen LogP contribution in [0.5, 0.6) is 0 Å². The Morgan fingerprint density at radius 3 is 1.91 bits per heavy atom. The normalized spacial score (nSPS) is 12.6. The highest BCUT2D eigenvalue weighted by molar-refractivity contribution is 7.92. The summed E-state index contributed by atoms with van der Waals surface area (Å²) in [5.74, 6) is -0.756. The van der Waals surface area contributed by atoms with Crippen molar-refractivity contribution in [1.29, 1.82) is 0 Å². The third kappa shape index (κ3) is 8.82. The first kappa shape index (κ1) is 33.5. The maximum Gasteiger partial charge on any atom is 0.264 e. The van der Waals surface area contributed by atoms with E-state index in [0.717, 1.165) is 39.4 Å². The molecule has 45 heavy (non-hydrogen) atoms. The Hall–Kier alpha value is -4.43. The Balaban J connectivity index is 1.79. The summed E-state index contributed by atoms with van der Waals surface area (Å²) in [5, 5.41) is 3.07. The van der Waals surface area contributed by atoms with E-state index in [1.165, 1.54) is 17.0 Å². The van der Waals surface area contributed by atoms with E-state index in [1.54, 1.807) is 30.3 Å². The molecule has 0 saturated carbocycles. The molecule has 0 spiro atoms. The summed E-state index contributed by atoms with van der Waals surface area (Å²) in [6, 6.07) is 31.7. The number of carbonyl (C=O) groups is 2. The van der Waals surface area contributed by atoms with Gasteiger partial charge in [-0.25, -0.2) is 8.42 Å². The molecule has 4 aromatic rings. The average molecular weight is 626 g/mol. The van der Waals surface area contributed by atoms with Gasteiger partial charge < -0.3 is 10.2 Å². The Morgan fingerprint density at radius 1 is 0.756 bits per heavy atom. The summed E-state index contributed by atoms with van der Waals surface area (Å²) in [5.41, 5.74) is 4.24. The van der Waals surface area contributed by atoms with Gasteiger partial charge in [-0.2, -0.15) is 0 Å². The predicted octanol–water partition coefficient (Wildman–Crippen LogP) is 6.31. The number of carbonyl (C=O) groups excluding carboxylic acids is 2. The number of amides is 2. The fourth-order valence-corrected chi connectivity index (χ4v) is 6.47. The highest BCUT2D eigenvalue weighted by Gasteiger charge is 2.35. The molecular formula is C37H43N3O4S. The minimum atomic E-state index is -4.12. The molecule has 2 amide bonds. The van der Waals surface area contributed by atoms with E-state index >= 15 is 0 Å².